The van der Waals surface area contributed by atoms with Crippen LogP contribution >= 0.6 is 42.4 Å². The second kappa shape index (κ2) is 24.9. The number of aliphatic hydroxyl groups excluding tert-OH is 2. The molecule has 0 bridgehead atoms. The van der Waals surface area contributed by atoms with Crippen LogP contribution in [-0.2, 0) is 39.8 Å². The number of aryl methyl sites for hydroxylation is 1. The van der Waals surface area contributed by atoms with Crippen molar-refractivity contribution in [1.82, 2.24) is 10.2 Å². The van der Waals surface area contributed by atoms with Gasteiger partial charge in [0.15, 0.2) is 5.75 Å². The van der Waals surface area contributed by atoms with E-state index in [0.717, 1.165) is 21.4 Å². The van der Waals surface area contributed by atoms with Gasteiger partial charge in [-0.3, -0.25) is 33.7 Å². The summed E-state index contributed by atoms with van der Waals surface area (Å²) in [7, 11) is -3.01. The molecule has 378 valence electrons. The van der Waals surface area contributed by atoms with E-state index in [2.05, 4.69) is 38.5 Å². The van der Waals surface area contributed by atoms with Crippen LogP contribution in [0.5, 0.6) is 11.5 Å². The second-order valence-electron chi connectivity index (χ2n) is 16.7. The number of imide groups is 1. The Morgan fingerprint density at radius 2 is 1.49 bits per heavy atom. The zero-order chi connectivity index (χ0) is 52.2. The van der Waals surface area contributed by atoms with Crippen LogP contribution in [0.25, 0.3) is 33.7 Å². The number of anilines is 3. The van der Waals surface area contributed by atoms with Crippen LogP contribution in [0.4, 0.5) is 17.1 Å². The highest BCUT2D eigenvalue weighted by Gasteiger charge is 2.34. The van der Waals surface area contributed by atoms with Gasteiger partial charge in [-0.2, -0.15) is 0 Å². The summed E-state index contributed by atoms with van der Waals surface area (Å²) in [6.07, 6.45) is 10.3. The van der Waals surface area contributed by atoms with E-state index in [1.54, 1.807) is 48.5 Å². The molecule has 0 saturated heterocycles. The van der Waals surface area contributed by atoms with Crippen molar-refractivity contribution in [3.05, 3.63) is 137 Å². The molecule has 5 aromatic rings. The fraction of sp³-hybridized carbons (Fsp3) is 0.231. The van der Waals surface area contributed by atoms with E-state index in [4.69, 9.17) is 20.9 Å². The summed E-state index contributed by atoms with van der Waals surface area (Å²) in [5, 5.41) is 39.9. The molecule has 0 saturated carbocycles. The molecule has 7 N–H and O–H groups in total. The zero-order valence-electron chi connectivity index (χ0n) is 38.9. The Morgan fingerprint density at radius 3 is 2.18 bits per heavy atom. The van der Waals surface area contributed by atoms with Crippen molar-refractivity contribution in [3.8, 4) is 11.5 Å². The van der Waals surface area contributed by atoms with Gasteiger partial charge in [0.2, 0.25) is 17.7 Å². The number of amides is 6. The van der Waals surface area contributed by atoms with Crippen molar-refractivity contribution in [2.45, 2.75) is 44.4 Å². The third-order valence-corrected chi connectivity index (χ3v) is 13.2. The Bertz CT molecular complexity index is 3120. The first-order valence-corrected chi connectivity index (χ1v) is 26.1. The molecule has 0 spiro atoms. The predicted octanol–water partition coefficient (Wildman–Crippen LogP) is 9.14. The minimum atomic E-state index is -3.01. The number of hydrogen-bond donors (Lipinski definition) is 7. The Kier molecular flexibility index (Phi) is 18.2. The van der Waals surface area contributed by atoms with Gasteiger partial charge in [-0.1, -0.05) is 89.7 Å². The van der Waals surface area contributed by atoms with Gasteiger partial charge in [-0.15, -0.1) is 16.5 Å². The number of unbranched alkanes of at least 4 members (excludes halogenated alkanes) is 2. The average Bonchev–Trinajstić information content (AvgIpc) is 3.91. The minimum Gasteiger partial charge on any atom is -0.476 e. The number of ether oxygens (including phenoxy) is 1. The molecule has 1 unspecified atom stereocenters. The number of benzene rings is 5. The van der Waals surface area contributed by atoms with E-state index >= 15 is 0 Å². The van der Waals surface area contributed by atoms with Gasteiger partial charge >= 0.3 is 20.1 Å². The lowest BCUT2D eigenvalue weighted by molar-refractivity contribution is -0.137. The summed E-state index contributed by atoms with van der Waals surface area (Å²) in [4.78, 5) is 89.5. The molecule has 2 heterocycles. The summed E-state index contributed by atoms with van der Waals surface area (Å²) >= 11 is 8.66. The SMILES string of the molecule is O=C(/C=C/c1ccc(/C=C/C(=O)N2C[C@@H](CCl)c3c2cc(OC(O)=C(O)O)c2ccccc32)cc1NC(=O)CCNC(=O)CCCCCN1C(=O)C=CC1=O)Nc1cc(O[P+](=O)O)c2ccccc2c1CCI. The van der Waals surface area contributed by atoms with Gasteiger partial charge in [0.25, 0.3) is 17.7 Å². The Hall–Kier alpha value is -7.32. The molecule has 2 atom stereocenters. The number of nitrogens with one attached hydrogen (secondary N) is 3. The molecule has 18 nitrogen and oxygen atoms in total. The molecule has 0 aromatic heterocycles. The topological polar surface area (TPSA) is 261 Å². The maximum atomic E-state index is 14.0. The van der Waals surface area contributed by atoms with Gasteiger partial charge < -0.3 is 40.9 Å². The number of carbonyl (C=O) groups excluding carboxylic acids is 6. The Balaban J connectivity index is 1.09. The molecule has 2 aliphatic heterocycles. The number of nitrogens with zero attached hydrogens (tertiary/aromatic N) is 2. The fourth-order valence-electron chi connectivity index (χ4n) is 8.55. The first-order chi connectivity index (χ1) is 35.1. The molecule has 6 amide bonds. The summed E-state index contributed by atoms with van der Waals surface area (Å²) in [6, 6.07) is 22.2. The molecule has 0 aliphatic carbocycles. The van der Waals surface area contributed by atoms with E-state index in [-0.39, 0.29) is 79.2 Å². The lowest BCUT2D eigenvalue weighted by atomic mass is 9.95. The maximum Gasteiger partial charge on any atom is 0.747 e. The number of hydrogen-bond acceptors (Lipinski definition) is 12. The molecule has 0 radical (unpaired) electrons. The van der Waals surface area contributed by atoms with Crippen molar-refractivity contribution in [3.63, 3.8) is 0 Å². The van der Waals surface area contributed by atoms with Crippen molar-refractivity contribution in [2.75, 3.05) is 45.5 Å². The lowest BCUT2D eigenvalue weighted by Gasteiger charge is -2.18. The summed E-state index contributed by atoms with van der Waals surface area (Å²) in [5.74, 6) is -4.99. The number of fused-ring (bicyclic) bond motifs is 4. The number of aliphatic hydroxyl groups is 3. The van der Waals surface area contributed by atoms with Gasteiger partial charge in [0.1, 0.15) is 5.75 Å². The molecular weight excluding hydrogens is 1100 g/mol. The van der Waals surface area contributed by atoms with E-state index in [1.165, 1.54) is 53.5 Å². The molecule has 5 aromatic carbocycles. The molecule has 2 aliphatic rings. The van der Waals surface area contributed by atoms with Gasteiger partial charge in [0, 0.05) is 112 Å². The number of halogens is 2. The van der Waals surface area contributed by atoms with E-state index < -0.39 is 37.9 Å². The average molecular weight is 1150 g/mol. The van der Waals surface area contributed by atoms with Crippen LogP contribution in [0.2, 0.25) is 0 Å². The van der Waals surface area contributed by atoms with Gasteiger partial charge in [-0.25, -0.2) is 4.52 Å². The lowest BCUT2D eigenvalue weighted by Crippen LogP contribution is -2.31. The van der Waals surface area contributed by atoms with Gasteiger partial charge in [0.05, 0.1) is 5.69 Å². The highest BCUT2D eigenvalue weighted by atomic mass is 127. The van der Waals surface area contributed by atoms with Crippen LogP contribution < -0.4 is 30.1 Å². The number of carbonyl (C=O) groups is 6. The van der Waals surface area contributed by atoms with Crippen LogP contribution in [0, 0.1) is 0 Å². The second-order valence-corrected chi connectivity index (χ2v) is 18.8. The first kappa shape index (κ1) is 53.5. The normalized spacial score (nSPS) is 14.3. The number of rotatable bonds is 22. The highest BCUT2D eigenvalue weighted by molar-refractivity contribution is 14.1. The Morgan fingerprint density at radius 1 is 0.795 bits per heavy atom. The standard InChI is InChI=1S/C52H48ClIN5O13P/c53-29-33-30-59(41-28-42(71-52(68)51(66)67)37-10-5-6-11-38(37)50(33)41)49(65)18-14-31-13-15-32(16-17-45(61)57-40-27-43(72-73(69)70)36-9-4-3-8-34(36)35(40)21-23-54)39(26-31)56-46(62)22-24-55-44(60)12-2-1-7-25-58-47(63)19-20-48(58)64/h3-6,8-11,13-20,26-28,33H,1-2,7,12,21-25,29-30H2,(H6-,55,56,57,60,61,62,63,64,65,66,67,68,69,70)/p+1/t33-/m1/s1. The molecule has 7 rings (SSSR count). The third-order valence-electron chi connectivity index (χ3n) is 11.9. The summed E-state index contributed by atoms with van der Waals surface area (Å²) in [6.45, 7) is 0.469. The molecule has 73 heavy (non-hydrogen) atoms. The van der Waals surface area contributed by atoms with Crippen molar-refractivity contribution in [1.29, 1.82) is 0 Å². The Labute approximate surface area is 438 Å². The summed E-state index contributed by atoms with van der Waals surface area (Å²) in [5.41, 5.74) is 3.51. The molecule has 21 heteroatoms. The van der Waals surface area contributed by atoms with E-state index in [0.29, 0.717) is 68.8 Å². The molecular formula is C52H49ClIN5O13P+. The van der Waals surface area contributed by atoms with Gasteiger partial charge in [-0.05, 0) is 70.5 Å². The quantitative estimate of drug-likeness (QED) is 0.00649. The van der Waals surface area contributed by atoms with Crippen LogP contribution in [0.3, 0.4) is 0 Å². The maximum absolute atomic E-state index is 14.0. The van der Waals surface area contributed by atoms with E-state index in [1.807, 2.05) is 18.2 Å². The summed E-state index contributed by atoms with van der Waals surface area (Å²) < 4.78 is 23.1. The molecule has 0 fully saturated rings. The number of alkyl halides is 2. The van der Waals surface area contributed by atoms with Crippen molar-refractivity contribution in [2.24, 2.45) is 0 Å². The van der Waals surface area contributed by atoms with Crippen LogP contribution in [-0.4, -0.2) is 90.5 Å². The minimum absolute atomic E-state index is 0.00997. The van der Waals surface area contributed by atoms with Crippen molar-refractivity contribution < 1.29 is 62.8 Å². The smallest absolute Gasteiger partial charge is 0.476 e. The van der Waals surface area contributed by atoms with Crippen LogP contribution in [0.1, 0.15) is 60.3 Å². The van der Waals surface area contributed by atoms with E-state index in [9.17, 15) is 53.5 Å². The largest absolute Gasteiger partial charge is 0.747 e. The monoisotopic (exact) mass is 1140 g/mol. The van der Waals surface area contributed by atoms with Crippen molar-refractivity contribution >= 4 is 129 Å². The zero-order valence-corrected chi connectivity index (χ0v) is 42.7. The highest BCUT2D eigenvalue weighted by Crippen LogP contribution is 2.46. The first-order valence-electron chi connectivity index (χ1n) is 22.9. The van der Waals surface area contributed by atoms with Crippen LogP contribution in [0.15, 0.2) is 115 Å². The third kappa shape index (κ3) is 13.4. The fourth-order valence-corrected chi connectivity index (χ4v) is 9.66. The predicted molar refractivity (Wildman–Crippen MR) is 286 cm³/mol.